The Morgan fingerprint density at radius 1 is 1.44 bits per heavy atom. The fourth-order valence-electron chi connectivity index (χ4n) is 2.03. The van der Waals surface area contributed by atoms with Gasteiger partial charge in [-0.05, 0) is 26.0 Å². The standard InChI is InChI=1S/C12H20F2N2OS/c1-8-3-4-10(18-8)12(9(2)15)16(5-6-17)7-11(13)14/h3-4,9,11-12,17H,5-7,15H2,1-2H3. The Morgan fingerprint density at radius 3 is 2.50 bits per heavy atom. The Labute approximate surface area is 110 Å². The molecule has 0 saturated carbocycles. The predicted octanol–water partition coefficient (Wildman–Crippen LogP) is 2.00. The number of rotatable bonds is 7. The van der Waals surface area contributed by atoms with Crippen LogP contribution in [0.4, 0.5) is 8.78 Å². The van der Waals surface area contributed by atoms with Gasteiger partial charge in [-0.25, -0.2) is 8.78 Å². The monoisotopic (exact) mass is 278 g/mol. The van der Waals surface area contributed by atoms with Crippen LogP contribution in [0.1, 0.15) is 22.7 Å². The van der Waals surface area contributed by atoms with E-state index < -0.39 is 6.43 Å². The minimum Gasteiger partial charge on any atom is -0.395 e. The molecule has 1 rings (SSSR count). The zero-order chi connectivity index (χ0) is 13.7. The molecule has 1 heterocycles. The minimum absolute atomic E-state index is 0.152. The maximum atomic E-state index is 12.6. The third kappa shape index (κ3) is 4.28. The molecule has 0 aliphatic carbocycles. The van der Waals surface area contributed by atoms with Crippen molar-refractivity contribution in [2.24, 2.45) is 5.73 Å². The minimum atomic E-state index is -2.43. The van der Waals surface area contributed by atoms with Crippen molar-refractivity contribution in [2.45, 2.75) is 32.4 Å². The number of nitrogens with zero attached hydrogens (tertiary/aromatic N) is 1. The van der Waals surface area contributed by atoms with Crippen LogP contribution in [0.2, 0.25) is 0 Å². The van der Waals surface area contributed by atoms with Crippen molar-refractivity contribution in [3.63, 3.8) is 0 Å². The van der Waals surface area contributed by atoms with E-state index >= 15 is 0 Å². The van der Waals surface area contributed by atoms with Crippen molar-refractivity contribution in [3.8, 4) is 0 Å². The lowest BCUT2D eigenvalue weighted by atomic mass is 10.1. The second-order valence-electron chi connectivity index (χ2n) is 4.36. The van der Waals surface area contributed by atoms with Gasteiger partial charge in [0.1, 0.15) is 0 Å². The van der Waals surface area contributed by atoms with Gasteiger partial charge in [-0.1, -0.05) is 0 Å². The SMILES string of the molecule is Cc1ccc(C(C(C)N)N(CCO)CC(F)F)s1. The Morgan fingerprint density at radius 2 is 2.11 bits per heavy atom. The molecule has 0 spiro atoms. The second-order valence-corrected chi connectivity index (χ2v) is 5.68. The number of halogens is 2. The van der Waals surface area contributed by atoms with Gasteiger partial charge in [-0.2, -0.15) is 0 Å². The number of aliphatic hydroxyl groups excluding tert-OH is 1. The maximum Gasteiger partial charge on any atom is 0.251 e. The average Bonchev–Trinajstić information content (AvgIpc) is 2.63. The number of aryl methyl sites for hydroxylation is 1. The summed E-state index contributed by atoms with van der Waals surface area (Å²) in [5, 5.41) is 9.01. The molecular formula is C12H20F2N2OS. The molecule has 0 aliphatic heterocycles. The molecule has 2 atom stereocenters. The summed E-state index contributed by atoms with van der Waals surface area (Å²) in [4.78, 5) is 3.65. The van der Waals surface area contributed by atoms with Crippen molar-refractivity contribution in [3.05, 3.63) is 21.9 Å². The Balaban J connectivity index is 2.92. The fourth-order valence-corrected chi connectivity index (χ4v) is 3.16. The molecule has 0 radical (unpaired) electrons. The third-order valence-electron chi connectivity index (χ3n) is 2.70. The Kier molecular flexibility index (Phi) is 6.14. The smallest absolute Gasteiger partial charge is 0.251 e. The number of alkyl halides is 2. The van der Waals surface area contributed by atoms with Crippen LogP contribution in [-0.4, -0.2) is 42.2 Å². The number of hydrogen-bond acceptors (Lipinski definition) is 4. The first-order chi connectivity index (χ1) is 8.45. The summed E-state index contributed by atoms with van der Waals surface area (Å²) in [5.41, 5.74) is 5.92. The molecule has 18 heavy (non-hydrogen) atoms. The molecule has 104 valence electrons. The van der Waals surface area contributed by atoms with Gasteiger partial charge in [0, 0.05) is 22.3 Å². The van der Waals surface area contributed by atoms with E-state index in [1.54, 1.807) is 23.2 Å². The number of nitrogens with two attached hydrogens (primary N) is 1. The highest BCUT2D eigenvalue weighted by molar-refractivity contribution is 7.12. The summed E-state index contributed by atoms with van der Waals surface area (Å²) in [6.45, 7) is 3.45. The van der Waals surface area contributed by atoms with Gasteiger partial charge in [-0.15, -0.1) is 11.3 Å². The normalized spacial score (nSPS) is 15.3. The lowest BCUT2D eigenvalue weighted by Crippen LogP contribution is -2.42. The van der Waals surface area contributed by atoms with Crippen LogP contribution in [0.25, 0.3) is 0 Å². The molecule has 3 N–H and O–H groups in total. The van der Waals surface area contributed by atoms with Crippen LogP contribution in [0.15, 0.2) is 12.1 Å². The fraction of sp³-hybridized carbons (Fsp3) is 0.667. The van der Waals surface area contributed by atoms with Gasteiger partial charge in [0.15, 0.2) is 0 Å². The van der Waals surface area contributed by atoms with Crippen LogP contribution < -0.4 is 5.73 Å². The number of thiophene rings is 1. The van der Waals surface area contributed by atoms with E-state index in [1.807, 2.05) is 19.1 Å². The zero-order valence-corrected chi connectivity index (χ0v) is 11.5. The molecule has 0 saturated heterocycles. The molecule has 3 nitrogen and oxygen atoms in total. The lowest BCUT2D eigenvalue weighted by Gasteiger charge is -2.32. The van der Waals surface area contributed by atoms with Gasteiger partial charge in [-0.3, -0.25) is 4.90 Å². The van der Waals surface area contributed by atoms with E-state index in [1.165, 1.54) is 0 Å². The summed E-state index contributed by atoms with van der Waals surface area (Å²) < 4.78 is 25.2. The van der Waals surface area contributed by atoms with Crippen molar-refractivity contribution >= 4 is 11.3 Å². The van der Waals surface area contributed by atoms with Crippen molar-refractivity contribution < 1.29 is 13.9 Å². The summed E-state index contributed by atoms with van der Waals surface area (Å²) in [6.07, 6.45) is -2.43. The summed E-state index contributed by atoms with van der Waals surface area (Å²) in [5.74, 6) is 0. The van der Waals surface area contributed by atoms with Gasteiger partial charge < -0.3 is 10.8 Å². The van der Waals surface area contributed by atoms with Crippen LogP contribution in [0, 0.1) is 6.92 Å². The van der Waals surface area contributed by atoms with Gasteiger partial charge >= 0.3 is 0 Å². The highest BCUT2D eigenvalue weighted by atomic mass is 32.1. The summed E-state index contributed by atoms with van der Waals surface area (Å²) in [6, 6.07) is 3.33. The van der Waals surface area contributed by atoms with E-state index in [9.17, 15) is 8.78 Å². The highest BCUT2D eigenvalue weighted by Gasteiger charge is 2.27. The molecule has 2 unspecified atom stereocenters. The first-order valence-corrected chi connectivity index (χ1v) is 6.72. The van der Waals surface area contributed by atoms with Crippen molar-refractivity contribution in [2.75, 3.05) is 19.7 Å². The molecule has 0 aliphatic rings. The Bertz CT molecular complexity index is 358. The molecule has 6 heteroatoms. The molecular weight excluding hydrogens is 258 g/mol. The summed E-state index contributed by atoms with van der Waals surface area (Å²) >= 11 is 1.56. The van der Waals surface area contributed by atoms with E-state index in [0.717, 1.165) is 9.75 Å². The predicted molar refractivity (Wildman–Crippen MR) is 70.1 cm³/mol. The first kappa shape index (κ1) is 15.5. The highest BCUT2D eigenvalue weighted by Crippen LogP contribution is 2.30. The third-order valence-corrected chi connectivity index (χ3v) is 3.78. The molecule has 1 aromatic heterocycles. The molecule has 0 bridgehead atoms. The molecule has 0 fully saturated rings. The van der Waals surface area contributed by atoms with Crippen LogP contribution in [0.3, 0.4) is 0 Å². The van der Waals surface area contributed by atoms with Gasteiger partial charge in [0.25, 0.3) is 6.43 Å². The first-order valence-electron chi connectivity index (χ1n) is 5.90. The molecule has 0 aromatic carbocycles. The van der Waals surface area contributed by atoms with Crippen LogP contribution in [0.5, 0.6) is 0 Å². The van der Waals surface area contributed by atoms with E-state index in [-0.39, 0.29) is 31.8 Å². The molecule has 0 amide bonds. The van der Waals surface area contributed by atoms with Gasteiger partial charge in [0.2, 0.25) is 0 Å². The van der Waals surface area contributed by atoms with E-state index in [4.69, 9.17) is 10.8 Å². The zero-order valence-electron chi connectivity index (χ0n) is 10.6. The lowest BCUT2D eigenvalue weighted by molar-refractivity contribution is 0.0496. The Hall–Kier alpha value is -0.560. The van der Waals surface area contributed by atoms with E-state index in [2.05, 4.69) is 0 Å². The topological polar surface area (TPSA) is 49.5 Å². The summed E-state index contributed by atoms with van der Waals surface area (Å²) in [7, 11) is 0. The average molecular weight is 278 g/mol. The van der Waals surface area contributed by atoms with Crippen LogP contribution in [-0.2, 0) is 0 Å². The van der Waals surface area contributed by atoms with E-state index in [0.29, 0.717) is 0 Å². The van der Waals surface area contributed by atoms with Crippen molar-refractivity contribution in [1.82, 2.24) is 4.90 Å². The molecule has 1 aromatic rings. The number of aliphatic hydroxyl groups is 1. The largest absolute Gasteiger partial charge is 0.395 e. The quantitative estimate of drug-likeness (QED) is 0.802. The number of hydrogen-bond donors (Lipinski definition) is 2. The van der Waals surface area contributed by atoms with Crippen LogP contribution >= 0.6 is 11.3 Å². The maximum absolute atomic E-state index is 12.6. The van der Waals surface area contributed by atoms with Gasteiger partial charge in [0.05, 0.1) is 19.2 Å². The van der Waals surface area contributed by atoms with Crippen molar-refractivity contribution in [1.29, 1.82) is 0 Å². The second kappa shape index (κ2) is 7.13.